The van der Waals surface area contributed by atoms with Crippen molar-refractivity contribution in [2.24, 2.45) is 0 Å². The third-order valence-electron chi connectivity index (χ3n) is 4.17. The monoisotopic (exact) mass is 350 g/mol. The highest BCUT2D eigenvalue weighted by molar-refractivity contribution is 5.95. The first-order chi connectivity index (χ1) is 12.7. The highest BCUT2D eigenvalue weighted by Gasteiger charge is 2.21. The van der Waals surface area contributed by atoms with Crippen molar-refractivity contribution in [3.63, 3.8) is 0 Å². The van der Waals surface area contributed by atoms with E-state index in [9.17, 15) is 4.79 Å². The zero-order chi connectivity index (χ0) is 18.4. The van der Waals surface area contributed by atoms with Gasteiger partial charge in [0.05, 0.1) is 13.0 Å². The number of nitrogens with one attached hydrogen (secondary N) is 1. The molecule has 0 aliphatic carbocycles. The predicted octanol–water partition coefficient (Wildman–Crippen LogP) is 2.36. The van der Waals surface area contributed by atoms with Crippen LogP contribution in [-0.4, -0.2) is 28.5 Å². The van der Waals surface area contributed by atoms with Crippen molar-refractivity contribution >= 4 is 11.6 Å². The minimum absolute atomic E-state index is 0.202. The summed E-state index contributed by atoms with van der Waals surface area (Å²) in [5.74, 6) is 0.238. The van der Waals surface area contributed by atoms with Crippen LogP contribution in [0.3, 0.4) is 0 Å². The Morgan fingerprint density at radius 2 is 2.00 bits per heavy atom. The number of tetrazole rings is 1. The van der Waals surface area contributed by atoms with Gasteiger partial charge in [-0.3, -0.25) is 15.1 Å². The maximum atomic E-state index is 12.8. The summed E-state index contributed by atoms with van der Waals surface area (Å²) in [4.78, 5) is 12.8. The lowest BCUT2D eigenvalue weighted by molar-refractivity contribution is -0.117. The van der Waals surface area contributed by atoms with Crippen LogP contribution in [0.15, 0.2) is 48.5 Å². The van der Waals surface area contributed by atoms with Gasteiger partial charge in [0.2, 0.25) is 5.91 Å². The zero-order valence-corrected chi connectivity index (χ0v) is 14.7. The van der Waals surface area contributed by atoms with Gasteiger partial charge >= 0.3 is 0 Å². The van der Waals surface area contributed by atoms with Crippen molar-refractivity contribution in [3.05, 3.63) is 65.5 Å². The van der Waals surface area contributed by atoms with E-state index in [1.807, 2.05) is 48.5 Å². The molecule has 7 heteroatoms. The van der Waals surface area contributed by atoms with Crippen molar-refractivity contribution in [3.8, 4) is 5.75 Å². The van der Waals surface area contributed by atoms with Crippen LogP contribution in [0.25, 0.3) is 0 Å². The second kappa shape index (κ2) is 8.24. The molecule has 0 aliphatic rings. The number of hydrogen-bond acceptors (Lipinski definition) is 5. The van der Waals surface area contributed by atoms with Gasteiger partial charge in [-0.2, -0.15) is 5.21 Å². The Hall–Kier alpha value is -3.22. The molecule has 0 unspecified atom stereocenters. The van der Waals surface area contributed by atoms with Crippen molar-refractivity contribution in [1.82, 2.24) is 20.6 Å². The van der Waals surface area contributed by atoms with E-state index >= 15 is 0 Å². The van der Waals surface area contributed by atoms with Crippen LogP contribution >= 0.6 is 0 Å². The molecular formula is C19H20N5O2-. The molecule has 1 atom stereocenters. The number of methoxy groups -OCH3 is 1. The number of aryl methyl sites for hydroxylation is 1. The summed E-state index contributed by atoms with van der Waals surface area (Å²) in [5.41, 5.74) is 2.88. The molecule has 0 radical (unpaired) electrons. The van der Waals surface area contributed by atoms with E-state index in [0.717, 1.165) is 23.4 Å². The van der Waals surface area contributed by atoms with Crippen LogP contribution in [0.2, 0.25) is 0 Å². The lowest BCUT2D eigenvalue weighted by atomic mass is 9.97. The number of rotatable bonds is 7. The number of benzene rings is 2. The average Bonchev–Trinajstić information content (AvgIpc) is 3.21. The Morgan fingerprint density at radius 3 is 2.65 bits per heavy atom. The number of hydrogen-bond donors (Lipinski definition) is 1. The van der Waals surface area contributed by atoms with Gasteiger partial charge in [-0.1, -0.05) is 31.2 Å². The van der Waals surface area contributed by atoms with Crippen LogP contribution in [0.5, 0.6) is 5.75 Å². The van der Waals surface area contributed by atoms with Crippen molar-refractivity contribution in [2.75, 3.05) is 12.4 Å². The van der Waals surface area contributed by atoms with Gasteiger partial charge in [-0.05, 0) is 48.2 Å². The van der Waals surface area contributed by atoms with Crippen LogP contribution < -0.4 is 15.2 Å². The van der Waals surface area contributed by atoms with Crippen LogP contribution in [0, 0.1) is 0 Å². The van der Waals surface area contributed by atoms with Crippen LogP contribution in [0.4, 0.5) is 5.69 Å². The number of ether oxygens (including phenoxy) is 1. The van der Waals surface area contributed by atoms with Gasteiger partial charge in [0.25, 0.3) is 0 Å². The maximum absolute atomic E-state index is 12.8. The Morgan fingerprint density at radius 1 is 1.19 bits per heavy atom. The molecule has 0 fully saturated rings. The predicted molar refractivity (Wildman–Crippen MR) is 97.0 cm³/mol. The van der Waals surface area contributed by atoms with Gasteiger partial charge in [0.15, 0.2) is 0 Å². The SMILES string of the molecule is CCc1ccc(NC(=O)[C@@H](Cc2cccc(OC)c2)c2nnn[n-]2)cc1. The summed E-state index contributed by atoms with van der Waals surface area (Å²) in [6, 6.07) is 15.3. The van der Waals surface area contributed by atoms with E-state index in [-0.39, 0.29) is 5.91 Å². The van der Waals surface area contributed by atoms with Crippen molar-refractivity contribution in [1.29, 1.82) is 0 Å². The fourth-order valence-electron chi connectivity index (χ4n) is 2.68. The largest absolute Gasteiger partial charge is 0.497 e. The fourth-order valence-corrected chi connectivity index (χ4v) is 2.68. The van der Waals surface area contributed by atoms with Gasteiger partial charge in [-0.25, -0.2) is 0 Å². The van der Waals surface area contributed by atoms with E-state index in [1.54, 1.807) is 7.11 Å². The molecule has 134 valence electrons. The summed E-state index contributed by atoms with van der Waals surface area (Å²) in [5, 5.41) is 17.7. The first kappa shape index (κ1) is 17.6. The molecule has 1 aromatic heterocycles. The molecular weight excluding hydrogens is 330 g/mol. The molecule has 1 heterocycles. The first-order valence-electron chi connectivity index (χ1n) is 8.41. The van der Waals surface area contributed by atoms with E-state index in [4.69, 9.17) is 4.74 Å². The zero-order valence-electron chi connectivity index (χ0n) is 14.7. The number of aromatic nitrogens is 4. The van der Waals surface area contributed by atoms with Gasteiger partial charge < -0.3 is 15.2 Å². The topological polar surface area (TPSA) is 91.1 Å². The summed E-state index contributed by atoms with van der Waals surface area (Å²) >= 11 is 0. The standard InChI is InChI=1S/C19H21N5O2/c1-3-13-7-9-15(10-8-13)20-19(25)17(18-21-23-24-22-18)12-14-5-4-6-16(11-14)26-2/h4-11,17H,3,12H2,1-2H3,(H2,20,21,22,23,24,25)/p-1/t17-/m0/s1. The molecule has 1 N–H and O–H groups in total. The molecule has 0 aliphatic heterocycles. The summed E-state index contributed by atoms with van der Waals surface area (Å²) in [6.07, 6.45) is 1.37. The van der Waals surface area contributed by atoms with Gasteiger partial charge in [0.1, 0.15) is 5.75 Å². The van der Waals surface area contributed by atoms with Gasteiger partial charge in [-0.15, -0.1) is 0 Å². The number of nitrogens with zero attached hydrogens (tertiary/aromatic N) is 4. The molecule has 7 nitrogen and oxygen atoms in total. The molecule has 2 aromatic carbocycles. The van der Waals surface area contributed by atoms with Gasteiger partial charge in [0, 0.05) is 11.5 Å². The Balaban J connectivity index is 1.80. The maximum Gasteiger partial charge on any atom is 0.232 e. The lowest BCUT2D eigenvalue weighted by Crippen LogP contribution is -2.24. The molecule has 0 spiro atoms. The highest BCUT2D eigenvalue weighted by Crippen LogP contribution is 2.22. The fraction of sp³-hybridized carbons (Fsp3) is 0.263. The van der Waals surface area contributed by atoms with E-state index in [0.29, 0.717) is 12.2 Å². The third kappa shape index (κ3) is 4.24. The lowest BCUT2D eigenvalue weighted by Gasteiger charge is -2.17. The van der Waals surface area contributed by atoms with Crippen molar-refractivity contribution in [2.45, 2.75) is 25.7 Å². The Labute approximate surface area is 151 Å². The number of carbonyl (C=O) groups is 1. The molecule has 3 aromatic rings. The van der Waals surface area contributed by atoms with Crippen molar-refractivity contribution < 1.29 is 9.53 Å². The molecule has 1 amide bonds. The minimum Gasteiger partial charge on any atom is -0.497 e. The van der Waals surface area contributed by atoms with E-state index in [2.05, 4.69) is 32.9 Å². The second-order valence-electron chi connectivity index (χ2n) is 5.89. The molecule has 0 bridgehead atoms. The molecule has 0 saturated carbocycles. The smallest absolute Gasteiger partial charge is 0.232 e. The number of amides is 1. The summed E-state index contributed by atoms with van der Waals surface area (Å²) in [7, 11) is 1.61. The number of anilines is 1. The second-order valence-corrected chi connectivity index (χ2v) is 5.89. The van der Waals surface area contributed by atoms with E-state index < -0.39 is 5.92 Å². The molecule has 26 heavy (non-hydrogen) atoms. The van der Waals surface area contributed by atoms with Crippen LogP contribution in [0.1, 0.15) is 29.8 Å². The van der Waals surface area contributed by atoms with E-state index in [1.165, 1.54) is 5.56 Å². The molecule has 0 saturated heterocycles. The summed E-state index contributed by atoms with van der Waals surface area (Å²) in [6.45, 7) is 2.09. The Bertz CT molecular complexity index is 847. The third-order valence-corrected chi connectivity index (χ3v) is 4.17. The van der Waals surface area contributed by atoms with Crippen LogP contribution in [-0.2, 0) is 17.6 Å². The number of carbonyl (C=O) groups excluding carboxylic acids is 1. The minimum atomic E-state index is -0.594. The average molecular weight is 350 g/mol. The molecule has 3 rings (SSSR count). The quantitative estimate of drug-likeness (QED) is 0.703. The highest BCUT2D eigenvalue weighted by atomic mass is 16.5. The summed E-state index contributed by atoms with van der Waals surface area (Å²) < 4.78 is 5.25. The normalized spacial score (nSPS) is 11.8. The first-order valence-corrected chi connectivity index (χ1v) is 8.41. The Kier molecular flexibility index (Phi) is 5.58.